The maximum Gasteiger partial charge on any atom is 0.260 e. The van der Waals surface area contributed by atoms with Crippen molar-refractivity contribution in [2.24, 2.45) is 10.9 Å². The predicted octanol–water partition coefficient (Wildman–Crippen LogP) is 5.34. The fraction of sp³-hybridized carbons (Fsp3) is 0.407. The molecule has 2 aromatic carbocycles. The molecule has 2 aromatic rings. The molecule has 34 heavy (non-hydrogen) atoms. The van der Waals surface area contributed by atoms with E-state index in [0.717, 1.165) is 12.8 Å². The number of nitrogens with one attached hydrogen (secondary N) is 1. The summed E-state index contributed by atoms with van der Waals surface area (Å²) in [4.78, 5) is 44.8. The number of halogens is 1. The van der Waals surface area contributed by atoms with Crippen LogP contribution in [0.4, 0.5) is 10.1 Å². The van der Waals surface area contributed by atoms with Crippen LogP contribution >= 0.6 is 0 Å². The minimum Gasteiger partial charge on any atom is -0.326 e. The van der Waals surface area contributed by atoms with E-state index in [2.05, 4.69) is 10.3 Å². The first-order valence-corrected chi connectivity index (χ1v) is 11.8. The lowest BCUT2D eigenvalue weighted by Crippen LogP contribution is -2.43. The molecule has 1 aliphatic heterocycles. The summed E-state index contributed by atoms with van der Waals surface area (Å²) in [5.41, 5.74) is 0.543. The topological polar surface area (TPSA) is 78.8 Å². The van der Waals surface area contributed by atoms with Crippen LogP contribution in [0, 0.1) is 11.7 Å². The lowest BCUT2D eigenvalue weighted by molar-refractivity contribution is -0.131. The second-order valence-electron chi connectivity index (χ2n) is 8.67. The van der Waals surface area contributed by atoms with Gasteiger partial charge in [0.15, 0.2) is 11.3 Å². The Kier molecular flexibility index (Phi) is 7.97. The highest BCUT2D eigenvalue weighted by Crippen LogP contribution is 2.38. The number of carbonyl (C=O) groups excluding carboxylic acids is 3. The molecule has 3 rings (SSSR count). The highest BCUT2D eigenvalue weighted by atomic mass is 19.1. The number of ketones is 1. The number of hydrogen-bond acceptors (Lipinski definition) is 4. The van der Waals surface area contributed by atoms with Gasteiger partial charge in [0.1, 0.15) is 11.7 Å². The minimum atomic E-state index is -1.14. The van der Waals surface area contributed by atoms with Gasteiger partial charge in [0.25, 0.3) is 5.91 Å². The largest absolute Gasteiger partial charge is 0.326 e. The van der Waals surface area contributed by atoms with Crippen molar-refractivity contribution in [3.8, 4) is 0 Å². The molecule has 0 fully saturated rings. The smallest absolute Gasteiger partial charge is 0.260 e. The molecule has 1 atom stereocenters. The fourth-order valence-electron chi connectivity index (χ4n) is 4.40. The summed E-state index contributed by atoms with van der Waals surface area (Å²) >= 11 is 0. The number of aliphatic imine (C=N–C) groups is 1. The molecular weight excluding hydrogens is 433 g/mol. The van der Waals surface area contributed by atoms with Gasteiger partial charge in [-0.15, -0.1) is 0 Å². The van der Waals surface area contributed by atoms with Gasteiger partial charge in [-0.2, -0.15) is 0 Å². The molecule has 1 aliphatic rings. The van der Waals surface area contributed by atoms with Crippen LogP contribution in [0.25, 0.3) is 0 Å². The number of anilines is 1. The first kappa shape index (κ1) is 25.3. The van der Waals surface area contributed by atoms with Gasteiger partial charge in [0.2, 0.25) is 5.91 Å². The number of amides is 2. The Hall–Kier alpha value is -3.35. The zero-order valence-corrected chi connectivity index (χ0v) is 20.2. The standard InChI is InChI=1S/C27H32FN3O3/c1-5-16-27(21-10-12-22(28)13-11-21)26(34)31(18(4)30-27)17-24(32)20-8-14-23(15-9-20)29-25(33)19(6-2)7-3/h8-15,19H,5-7,16-17H2,1-4H3,(H,29,33). The molecule has 0 aliphatic carbocycles. The summed E-state index contributed by atoms with van der Waals surface area (Å²) in [5, 5.41) is 2.88. The van der Waals surface area contributed by atoms with Crippen molar-refractivity contribution < 1.29 is 18.8 Å². The highest BCUT2D eigenvalue weighted by Gasteiger charge is 2.48. The first-order chi connectivity index (χ1) is 16.2. The Morgan fingerprint density at radius 2 is 1.65 bits per heavy atom. The van der Waals surface area contributed by atoms with Gasteiger partial charge in [0.05, 0.1) is 6.54 Å². The third-order valence-electron chi connectivity index (χ3n) is 6.41. The van der Waals surface area contributed by atoms with Crippen LogP contribution in [-0.4, -0.2) is 34.9 Å². The first-order valence-electron chi connectivity index (χ1n) is 11.8. The molecule has 0 saturated carbocycles. The van der Waals surface area contributed by atoms with Crippen LogP contribution in [0.1, 0.15) is 69.3 Å². The molecule has 0 saturated heterocycles. The Labute approximate surface area is 200 Å². The molecule has 0 spiro atoms. The van der Waals surface area contributed by atoms with Crippen molar-refractivity contribution >= 4 is 29.1 Å². The van der Waals surface area contributed by atoms with E-state index in [-0.39, 0.29) is 35.9 Å². The van der Waals surface area contributed by atoms with E-state index in [4.69, 9.17) is 0 Å². The fourth-order valence-corrected chi connectivity index (χ4v) is 4.40. The molecule has 2 amide bonds. The van der Waals surface area contributed by atoms with E-state index in [1.807, 2.05) is 20.8 Å². The number of carbonyl (C=O) groups is 3. The van der Waals surface area contributed by atoms with Crippen LogP contribution in [-0.2, 0) is 15.1 Å². The monoisotopic (exact) mass is 465 g/mol. The van der Waals surface area contributed by atoms with E-state index in [0.29, 0.717) is 35.5 Å². The number of Topliss-reactive ketones (excluding diaryl/α,β-unsaturated/α-hetero) is 1. The second kappa shape index (κ2) is 10.7. The van der Waals surface area contributed by atoms with Gasteiger partial charge in [-0.25, -0.2) is 4.39 Å². The van der Waals surface area contributed by atoms with Crippen molar-refractivity contribution in [2.75, 3.05) is 11.9 Å². The summed E-state index contributed by atoms with van der Waals surface area (Å²) < 4.78 is 13.5. The van der Waals surface area contributed by atoms with Crippen molar-refractivity contribution in [3.63, 3.8) is 0 Å². The average Bonchev–Trinajstić information content (AvgIpc) is 3.06. The summed E-state index contributed by atoms with van der Waals surface area (Å²) in [6, 6.07) is 12.5. The Balaban J connectivity index is 1.75. The number of hydrogen-bond donors (Lipinski definition) is 1. The quantitative estimate of drug-likeness (QED) is 0.481. The van der Waals surface area contributed by atoms with Crippen molar-refractivity contribution in [2.45, 2.75) is 58.9 Å². The van der Waals surface area contributed by atoms with Gasteiger partial charge in [0, 0.05) is 17.2 Å². The number of rotatable bonds is 10. The zero-order valence-electron chi connectivity index (χ0n) is 20.2. The van der Waals surface area contributed by atoms with Crippen molar-refractivity contribution in [1.29, 1.82) is 0 Å². The van der Waals surface area contributed by atoms with E-state index in [1.54, 1.807) is 43.3 Å². The molecule has 0 aromatic heterocycles. The van der Waals surface area contributed by atoms with Gasteiger partial charge >= 0.3 is 0 Å². The number of amidine groups is 1. The van der Waals surface area contributed by atoms with Gasteiger partial charge in [-0.05, 0) is 68.1 Å². The lowest BCUT2D eigenvalue weighted by atomic mass is 9.85. The van der Waals surface area contributed by atoms with Gasteiger partial charge < -0.3 is 5.32 Å². The Morgan fingerprint density at radius 3 is 2.21 bits per heavy atom. The van der Waals surface area contributed by atoms with E-state index < -0.39 is 5.54 Å². The molecule has 6 nitrogen and oxygen atoms in total. The summed E-state index contributed by atoms with van der Waals surface area (Å²) in [7, 11) is 0. The van der Waals surface area contributed by atoms with Gasteiger partial charge in [-0.3, -0.25) is 24.3 Å². The van der Waals surface area contributed by atoms with Crippen LogP contribution in [0.15, 0.2) is 53.5 Å². The van der Waals surface area contributed by atoms with Crippen molar-refractivity contribution in [1.82, 2.24) is 4.90 Å². The maximum atomic E-state index is 13.5. The molecule has 0 radical (unpaired) electrons. The minimum absolute atomic E-state index is 0.0355. The predicted molar refractivity (Wildman–Crippen MR) is 131 cm³/mol. The highest BCUT2D eigenvalue weighted by molar-refractivity contribution is 6.11. The van der Waals surface area contributed by atoms with Crippen LogP contribution in [0.3, 0.4) is 0 Å². The Bertz CT molecular complexity index is 1080. The van der Waals surface area contributed by atoms with Crippen LogP contribution in [0.2, 0.25) is 0 Å². The van der Waals surface area contributed by atoms with Crippen LogP contribution < -0.4 is 5.32 Å². The average molecular weight is 466 g/mol. The summed E-state index contributed by atoms with van der Waals surface area (Å²) in [6.07, 6.45) is 2.69. The molecular formula is C27H32FN3O3. The third kappa shape index (κ3) is 5.08. The van der Waals surface area contributed by atoms with E-state index >= 15 is 0 Å². The molecule has 1 N–H and O–H groups in total. The SMILES string of the molecule is CCCC1(c2ccc(F)cc2)N=C(C)N(CC(=O)c2ccc(NC(=O)C(CC)CC)cc2)C1=O. The zero-order chi connectivity index (χ0) is 24.9. The normalized spacial score (nSPS) is 17.8. The lowest BCUT2D eigenvalue weighted by Gasteiger charge is -2.26. The molecule has 0 bridgehead atoms. The second-order valence-corrected chi connectivity index (χ2v) is 8.67. The summed E-state index contributed by atoms with van der Waals surface area (Å²) in [6.45, 7) is 7.49. The van der Waals surface area contributed by atoms with Crippen LogP contribution in [0.5, 0.6) is 0 Å². The number of benzene rings is 2. The maximum absolute atomic E-state index is 13.5. The summed E-state index contributed by atoms with van der Waals surface area (Å²) in [5.74, 6) is -0.507. The van der Waals surface area contributed by atoms with Crippen molar-refractivity contribution in [3.05, 3.63) is 65.5 Å². The molecule has 1 heterocycles. The molecule has 7 heteroatoms. The van der Waals surface area contributed by atoms with E-state index in [9.17, 15) is 18.8 Å². The van der Waals surface area contributed by atoms with E-state index in [1.165, 1.54) is 17.0 Å². The molecule has 1 unspecified atom stereocenters. The Morgan fingerprint density at radius 1 is 1.03 bits per heavy atom. The third-order valence-corrected chi connectivity index (χ3v) is 6.41. The molecule has 180 valence electrons. The number of nitrogens with zero attached hydrogens (tertiary/aromatic N) is 2. The van der Waals surface area contributed by atoms with Gasteiger partial charge in [-0.1, -0.05) is 39.3 Å².